The molecule has 1 aromatic heterocycles. The molecule has 0 amide bonds. The number of aromatic nitrogens is 2. The number of aryl methyl sites for hydroxylation is 1. The van der Waals surface area contributed by atoms with E-state index in [0.29, 0.717) is 0 Å². The van der Waals surface area contributed by atoms with Crippen LogP contribution in [-0.2, 0) is 5.41 Å². The third kappa shape index (κ3) is 3.23. The first kappa shape index (κ1) is 23.1. The van der Waals surface area contributed by atoms with Crippen molar-refractivity contribution in [1.29, 1.82) is 0 Å². The van der Waals surface area contributed by atoms with Gasteiger partial charge >= 0.3 is 0 Å². The van der Waals surface area contributed by atoms with E-state index in [4.69, 9.17) is 9.97 Å². The zero-order chi connectivity index (χ0) is 27.0. The highest BCUT2D eigenvalue weighted by Gasteiger charge is 2.35. The Balaban J connectivity index is 1.47. The summed E-state index contributed by atoms with van der Waals surface area (Å²) in [5.41, 5.74) is 13.1. The van der Waals surface area contributed by atoms with Crippen molar-refractivity contribution in [2.24, 2.45) is 0 Å². The Hall–Kier alpha value is -4.82. The van der Waals surface area contributed by atoms with Crippen LogP contribution in [-0.4, -0.2) is 9.97 Å². The molecule has 1 aliphatic carbocycles. The van der Waals surface area contributed by atoms with Gasteiger partial charge in [0.25, 0.3) is 0 Å². The Bertz CT molecular complexity index is 2150. The van der Waals surface area contributed by atoms with Crippen molar-refractivity contribution >= 4 is 32.6 Å². The SMILES string of the molecule is Cc1ccc2c(-c3cnc4ccccc4n3)c3ccccc3c(-c3ccc4c(c3)-c3ccccc3C4(C)C)c2c1. The monoisotopic (exact) mass is 512 g/mol. The minimum Gasteiger partial charge on any atom is -0.252 e. The Kier molecular flexibility index (Phi) is 4.82. The van der Waals surface area contributed by atoms with Gasteiger partial charge in [-0.3, -0.25) is 4.98 Å². The maximum Gasteiger partial charge on any atom is 0.0905 e. The van der Waals surface area contributed by atoms with Gasteiger partial charge in [0.05, 0.1) is 22.9 Å². The molecule has 0 N–H and O–H groups in total. The predicted molar refractivity (Wildman–Crippen MR) is 168 cm³/mol. The fourth-order valence-electron chi connectivity index (χ4n) is 6.83. The molecule has 40 heavy (non-hydrogen) atoms. The van der Waals surface area contributed by atoms with E-state index in [1.54, 1.807) is 0 Å². The second kappa shape index (κ2) is 8.34. The Morgan fingerprint density at radius 1 is 0.550 bits per heavy atom. The molecule has 2 heteroatoms. The van der Waals surface area contributed by atoms with Crippen LogP contribution in [0.1, 0.15) is 30.5 Å². The highest BCUT2D eigenvalue weighted by molar-refractivity contribution is 6.21. The van der Waals surface area contributed by atoms with Crippen LogP contribution in [0.15, 0.2) is 115 Å². The van der Waals surface area contributed by atoms with Crippen molar-refractivity contribution in [3.05, 3.63) is 132 Å². The van der Waals surface area contributed by atoms with Crippen LogP contribution in [0.3, 0.4) is 0 Å². The molecule has 0 spiro atoms. The smallest absolute Gasteiger partial charge is 0.0905 e. The summed E-state index contributed by atoms with van der Waals surface area (Å²) >= 11 is 0. The first-order chi connectivity index (χ1) is 19.5. The molecular formula is C38H28N2. The number of para-hydroxylation sites is 2. The lowest BCUT2D eigenvalue weighted by atomic mass is 9.81. The lowest BCUT2D eigenvalue weighted by Crippen LogP contribution is -2.14. The van der Waals surface area contributed by atoms with E-state index in [1.165, 1.54) is 60.5 Å². The molecule has 0 aliphatic heterocycles. The van der Waals surface area contributed by atoms with Crippen LogP contribution in [0.2, 0.25) is 0 Å². The Morgan fingerprint density at radius 2 is 1.23 bits per heavy atom. The fourth-order valence-corrected chi connectivity index (χ4v) is 6.83. The molecule has 0 fully saturated rings. The van der Waals surface area contributed by atoms with Gasteiger partial charge in [-0.05, 0) is 80.0 Å². The molecule has 1 heterocycles. The molecule has 0 atom stereocenters. The lowest BCUT2D eigenvalue weighted by Gasteiger charge is -2.22. The lowest BCUT2D eigenvalue weighted by molar-refractivity contribution is 0.660. The molecule has 8 rings (SSSR count). The van der Waals surface area contributed by atoms with Crippen LogP contribution >= 0.6 is 0 Å². The largest absolute Gasteiger partial charge is 0.252 e. The number of nitrogens with zero attached hydrogens (tertiary/aromatic N) is 2. The number of benzene rings is 6. The molecule has 0 unspecified atom stereocenters. The summed E-state index contributed by atoms with van der Waals surface area (Å²) in [5, 5.41) is 4.87. The maximum absolute atomic E-state index is 5.10. The van der Waals surface area contributed by atoms with Gasteiger partial charge in [0.2, 0.25) is 0 Å². The summed E-state index contributed by atoms with van der Waals surface area (Å²) in [6.07, 6.45) is 1.93. The third-order valence-corrected chi connectivity index (χ3v) is 8.76. The van der Waals surface area contributed by atoms with Gasteiger partial charge in [-0.2, -0.15) is 0 Å². The van der Waals surface area contributed by atoms with Crippen LogP contribution in [0.4, 0.5) is 0 Å². The van der Waals surface area contributed by atoms with Gasteiger partial charge in [-0.15, -0.1) is 0 Å². The van der Waals surface area contributed by atoms with Crippen molar-refractivity contribution < 1.29 is 0 Å². The molecule has 0 saturated heterocycles. The number of hydrogen-bond donors (Lipinski definition) is 0. The standard InChI is InChI=1S/C38H28N2/c1-23-16-18-28-30(20-23)36(24-17-19-32-29(21-24)25-10-6-7-13-31(25)38(32,2)3)26-11-4-5-12-27(26)37(28)35-22-39-33-14-8-9-15-34(33)40-35/h4-22H,1-3H3. The Labute approximate surface area is 234 Å². The van der Waals surface area contributed by atoms with E-state index in [-0.39, 0.29) is 5.41 Å². The molecule has 190 valence electrons. The van der Waals surface area contributed by atoms with Gasteiger partial charge in [0.15, 0.2) is 0 Å². The fraction of sp³-hybridized carbons (Fsp3) is 0.105. The average Bonchev–Trinajstić information content (AvgIpc) is 3.21. The molecular weight excluding hydrogens is 484 g/mol. The van der Waals surface area contributed by atoms with E-state index in [1.807, 2.05) is 30.5 Å². The zero-order valence-corrected chi connectivity index (χ0v) is 22.9. The highest BCUT2D eigenvalue weighted by atomic mass is 14.8. The van der Waals surface area contributed by atoms with Crippen molar-refractivity contribution in [2.45, 2.75) is 26.2 Å². The molecule has 0 radical (unpaired) electrons. The minimum atomic E-state index is -0.0101. The minimum absolute atomic E-state index is 0.0101. The molecule has 7 aromatic rings. The van der Waals surface area contributed by atoms with E-state index in [9.17, 15) is 0 Å². The predicted octanol–water partition coefficient (Wildman–Crippen LogP) is 9.88. The first-order valence-corrected chi connectivity index (χ1v) is 13.9. The molecule has 2 nitrogen and oxygen atoms in total. The molecule has 6 aromatic carbocycles. The first-order valence-electron chi connectivity index (χ1n) is 13.9. The summed E-state index contributed by atoms with van der Waals surface area (Å²) in [6.45, 7) is 6.85. The van der Waals surface area contributed by atoms with Gasteiger partial charge < -0.3 is 0 Å². The average molecular weight is 513 g/mol. The second-order valence-corrected chi connectivity index (χ2v) is 11.5. The van der Waals surface area contributed by atoms with E-state index < -0.39 is 0 Å². The van der Waals surface area contributed by atoms with Gasteiger partial charge in [-0.1, -0.05) is 110 Å². The summed E-state index contributed by atoms with van der Waals surface area (Å²) in [4.78, 5) is 9.88. The van der Waals surface area contributed by atoms with Gasteiger partial charge in [-0.25, -0.2) is 4.98 Å². The molecule has 1 aliphatic rings. The summed E-state index contributed by atoms with van der Waals surface area (Å²) < 4.78 is 0. The highest BCUT2D eigenvalue weighted by Crippen LogP contribution is 2.51. The van der Waals surface area contributed by atoms with Crippen LogP contribution in [0.5, 0.6) is 0 Å². The topological polar surface area (TPSA) is 25.8 Å². The summed E-state index contributed by atoms with van der Waals surface area (Å²) in [6, 6.07) is 39.6. The Morgan fingerprint density at radius 3 is 2.08 bits per heavy atom. The van der Waals surface area contributed by atoms with Crippen molar-refractivity contribution in [3.8, 4) is 33.5 Å². The third-order valence-electron chi connectivity index (χ3n) is 8.76. The van der Waals surface area contributed by atoms with Gasteiger partial charge in [0.1, 0.15) is 0 Å². The number of hydrogen-bond acceptors (Lipinski definition) is 2. The van der Waals surface area contributed by atoms with E-state index in [0.717, 1.165) is 22.3 Å². The van der Waals surface area contributed by atoms with E-state index >= 15 is 0 Å². The summed E-state index contributed by atoms with van der Waals surface area (Å²) in [5.74, 6) is 0. The normalized spacial score (nSPS) is 13.6. The second-order valence-electron chi connectivity index (χ2n) is 11.5. The van der Waals surface area contributed by atoms with Crippen molar-refractivity contribution in [1.82, 2.24) is 9.97 Å². The number of rotatable bonds is 2. The quantitative estimate of drug-likeness (QED) is 0.215. The maximum atomic E-state index is 5.10. The van der Waals surface area contributed by atoms with Crippen LogP contribution in [0, 0.1) is 6.92 Å². The zero-order valence-electron chi connectivity index (χ0n) is 22.9. The van der Waals surface area contributed by atoms with Gasteiger partial charge in [0, 0.05) is 11.0 Å². The van der Waals surface area contributed by atoms with Crippen molar-refractivity contribution in [2.75, 3.05) is 0 Å². The molecule has 0 bridgehead atoms. The molecule has 0 saturated carbocycles. The van der Waals surface area contributed by atoms with Crippen LogP contribution < -0.4 is 0 Å². The van der Waals surface area contributed by atoms with E-state index in [2.05, 4.69) is 106 Å². The van der Waals surface area contributed by atoms with Crippen LogP contribution in [0.25, 0.3) is 66.1 Å². The summed E-state index contributed by atoms with van der Waals surface area (Å²) in [7, 11) is 0. The van der Waals surface area contributed by atoms with Crippen molar-refractivity contribution in [3.63, 3.8) is 0 Å². The number of fused-ring (bicyclic) bond motifs is 6.